The number of halogens is 1. The molecule has 1 saturated heterocycles. The predicted molar refractivity (Wildman–Crippen MR) is 117 cm³/mol. The zero-order chi connectivity index (χ0) is 23.2. The van der Waals surface area contributed by atoms with Gasteiger partial charge in [-0.25, -0.2) is 14.2 Å². The first-order valence-electron chi connectivity index (χ1n) is 10.9. The zero-order valence-corrected chi connectivity index (χ0v) is 18.2. The number of nitrogens with zero attached hydrogens (tertiary/aromatic N) is 3. The number of hydrogen-bond acceptors (Lipinski definition) is 8. The summed E-state index contributed by atoms with van der Waals surface area (Å²) in [6, 6.07) is 3.32. The summed E-state index contributed by atoms with van der Waals surface area (Å²) in [5.41, 5.74) is 8.43. The number of rotatable bonds is 6. The van der Waals surface area contributed by atoms with Crippen LogP contribution in [0.1, 0.15) is 23.2 Å². The molecule has 0 radical (unpaired) electrons. The number of aromatic nitrogens is 2. The van der Waals surface area contributed by atoms with E-state index in [1.807, 2.05) is 6.92 Å². The van der Waals surface area contributed by atoms with Gasteiger partial charge >= 0.3 is 6.09 Å². The van der Waals surface area contributed by atoms with Crippen molar-refractivity contribution in [2.75, 3.05) is 36.5 Å². The molecule has 33 heavy (non-hydrogen) atoms. The highest BCUT2D eigenvalue weighted by Crippen LogP contribution is 2.33. The van der Waals surface area contributed by atoms with Gasteiger partial charge in [0.05, 0.1) is 12.7 Å². The third kappa shape index (κ3) is 4.21. The molecule has 2 amide bonds. The minimum absolute atomic E-state index is 0.0604. The number of cyclic esters (lactones) is 1. The average Bonchev–Trinajstić information content (AvgIpc) is 3.34. The Bertz CT molecular complexity index is 1100. The molecule has 2 aromatic heterocycles. The van der Waals surface area contributed by atoms with E-state index in [4.69, 9.17) is 15.2 Å². The number of fused-ring (bicyclic) bond motifs is 2. The van der Waals surface area contributed by atoms with Crippen molar-refractivity contribution < 1.29 is 23.5 Å². The van der Waals surface area contributed by atoms with Crippen LogP contribution in [-0.2, 0) is 22.4 Å². The quantitative estimate of drug-likeness (QED) is 0.550. The van der Waals surface area contributed by atoms with E-state index in [0.717, 1.165) is 11.3 Å². The van der Waals surface area contributed by atoms with Crippen molar-refractivity contribution in [1.29, 1.82) is 0 Å². The summed E-state index contributed by atoms with van der Waals surface area (Å²) in [4.78, 5) is 33.7. The first-order valence-corrected chi connectivity index (χ1v) is 10.9. The Labute approximate surface area is 189 Å². The van der Waals surface area contributed by atoms with Crippen molar-refractivity contribution in [1.82, 2.24) is 15.3 Å². The van der Waals surface area contributed by atoms with Gasteiger partial charge in [0.2, 0.25) is 0 Å². The maximum atomic E-state index is 14.1. The highest BCUT2D eigenvalue weighted by atomic mass is 19.1. The Morgan fingerprint density at radius 3 is 2.97 bits per heavy atom. The molecule has 4 N–H and O–H groups in total. The van der Waals surface area contributed by atoms with Gasteiger partial charge in [0.25, 0.3) is 5.91 Å². The van der Waals surface area contributed by atoms with Crippen LogP contribution in [0.3, 0.4) is 0 Å². The summed E-state index contributed by atoms with van der Waals surface area (Å²) in [6.45, 7) is 3.19. The molecule has 0 saturated carbocycles. The molecule has 2 aromatic rings. The Morgan fingerprint density at radius 1 is 1.33 bits per heavy atom. The van der Waals surface area contributed by atoms with Crippen LogP contribution >= 0.6 is 0 Å². The third-order valence-electron chi connectivity index (χ3n) is 6.30. The third-order valence-corrected chi connectivity index (χ3v) is 6.30. The van der Waals surface area contributed by atoms with Crippen molar-refractivity contribution in [3.63, 3.8) is 0 Å². The molecule has 0 aromatic carbocycles. The van der Waals surface area contributed by atoms with E-state index in [1.54, 1.807) is 12.1 Å². The molecule has 0 bridgehead atoms. The van der Waals surface area contributed by atoms with Gasteiger partial charge in [0, 0.05) is 17.8 Å². The maximum Gasteiger partial charge on any atom is 0.416 e. The minimum atomic E-state index is -0.526. The lowest BCUT2D eigenvalue weighted by molar-refractivity contribution is -0.118. The summed E-state index contributed by atoms with van der Waals surface area (Å²) < 4.78 is 24.9. The van der Waals surface area contributed by atoms with Gasteiger partial charge in [0.15, 0.2) is 18.2 Å². The standard InChI is InChI=1S/C22H25FN6O4/c1-12-14-6-22(24,7-15(14)16(23)9-26-12)4-5-25-8-13-10-29(21(31)33-13)18-3-2-17-20(27-18)28-19(30)11-32-17/h2-3,9,13,25H,4-8,10-11,24H2,1H3,(H,27,28,30). The minimum Gasteiger partial charge on any atom is -0.480 e. The fourth-order valence-electron chi connectivity index (χ4n) is 4.56. The van der Waals surface area contributed by atoms with E-state index in [0.29, 0.717) is 56.0 Å². The van der Waals surface area contributed by atoms with Crippen molar-refractivity contribution >= 4 is 23.6 Å². The highest BCUT2D eigenvalue weighted by molar-refractivity contribution is 5.95. The molecular formula is C22H25FN6O4. The van der Waals surface area contributed by atoms with Crippen molar-refractivity contribution in [2.24, 2.45) is 5.73 Å². The van der Waals surface area contributed by atoms with E-state index < -0.39 is 11.6 Å². The van der Waals surface area contributed by atoms with Crippen LogP contribution in [0.25, 0.3) is 0 Å². The molecular weight excluding hydrogens is 431 g/mol. The van der Waals surface area contributed by atoms with Crippen LogP contribution in [0.2, 0.25) is 0 Å². The number of ether oxygens (including phenoxy) is 2. The number of anilines is 2. The van der Waals surface area contributed by atoms with Gasteiger partial charge in [-0.1, -0.05) is 0 Å². The summed E-state index contributed by atoms with van der Waals surface area (Å²) in [6.07, 6.45) is 2.12. The lowest BCUT2D eigenvalue weighted by atomic mass is 9.93. The second kappa shape index (κ2) is 8.23. The van der Waals surface area contributed by atoms with Crippen molar-refractivity contribution in [3.05, 3.63) is 41.0 Å². The van der Waals surface area contributed by atoms with Crippen LogP contribution < -0.4 is 26.0 Å². The molecule has 11 heteroatoms. The molecule has 3 aliphatic rings. The van der Waals surface area contributed by atoms with E-state index in [1.165, 1.54) is 11.1 Å². The lowest BCUT2D eigenvalue weighted by Gasteiger charge is -2.24. The van der Waals surface area contributed by atoms with Gasteiger partial charge in [0.1, 0.15) is 17.7 Å². The maximum absolute atomic E-state index is 14.1. The van der Waals surface area contributed by atoms with Gasteiger partial charge in [-0.2, -0.15) is 0 Å². The number of nitrogens with one attached hydrogen (secondary N) is 2. The molecule has 0 spiro atoms. The fourth-order valence-corrected chi connectivity index (χ4v) is 4.56. The van der Waals surface area contributed by atoms with Gasteiger partial charge in [-0.15, -0.1) is 0 Å². The summed E-state index contributed by atoms with van der Waals surface area (Å²) in [5.74, 6) is 0.527. The lowest BCUT2D eigenvalue weighted by Crippen LogP contribution is -2.44. The molecule has 5 rings (SSSR count). The number of amides is 2. The Morgan fingerprint density at radius 2 is 2.15 bits per heavy atom. The van der Waals surface area contributed by atoms with E-state index >= 15 is 0 Å². The van der Waals surface area contributed by atoms with E-state index in [2.05, 4.69) is 20.6 Å². The molecule has 10 nitrogen and oxygen atoms in total. The van der Waals surface area contributed by atoms with E-state index in [-0.39, 0.29) is 30.3 Å². The number of carbonyl (C=O) groups is 2. The summed E-state index contributed by atoms with van der Waals surface area (Å²) >= 11 is 0. The molecule has 2 atom stereocenters. The molecule has 2 aliphatic heterocycles. The molecule has 174 valence electrons. The Kier molecular flexibility index (Phi) is 5.37. The number of carbonyl (C=O) groups excluding carboxylic acids is 2. The Hall–Kier alpha value is -3.31. The number of hydrogen-bond donors (Lipinski definition) is 3. The van der Waals surface area contributed by atoms with Crippen molar-refractivity contribution in [2.45, 2.75) is 37.8 Å². The van der Waals surface area contributed by atoms with Gasteiger partial charge in [-0.05, 0) is 56.0 Å². The smallest absolute Gasteiger partial charge is 0.416 e. The van der Waals surface area contributed by atoms with Crippen LogP contribution in [0.15, 0.2) is 18.3 Å². The van der Waals surface area contributed by atoms with Crippen LogP contribution in [0, 0.1) is 12.7 Å². The zero-order valence-electron chi connectivity index (χ0n) is 18.2. The normalized spacial score (nSPS) is 23.6. The molecule has 1 aliphatic carbocycles. The molecule has 1 fully saturated rings. The van der Waals surface area contributed by atoms with E-state index in [9.17, 15) is 14.0 Å². The topological polar surface area (TPSA) is 132 Å². The molecule has 4 heterocycles. The summed E-state index contributed by atoms with van der Waals surface area (Å²) in [5, 5.41) is 5.92. The highest BCUT2D eigenvalue weighted by Gasteiger charge is 2.37. The van der Waals surface area contributed by atoms with Crippen LogP contribution in [0.4, 0.5) is 20.8 Å². The second-order valence-corrected chi connectivity index (χ2v) is 8.79. The first kappa shape index (κ1) is 21.5. The van der Waals surface area contributed by atoms with Gasteiger partial charge in [-0.3, -0.25) is 14.7 Å². The van der Waals surface area contributed by atoms with Crippen LogP contribution in [-0.4, -0.2) is 59.9 Å². The summed E-state index contributed by atoms with van der Waals surface area (Å²) in [7, 11) is 0. The SMILES string of the molecule is Cc1ncc(F)c2c1CC(N)(CCNCC1CN(c3ccc4c(n3)NC(=O)CO4)C(=O)O1)C2. The first-order chi connectivity index (χ1) is 15.8. The monoisotopic (exact) mass is 456 g/mol. The molecule has 2 unspecified atom stereocenters. The largest absolute Gasteiger partial charge is 0.480 e. The Balaban J connectivity index is 1.13. The second-order valence-electron chi connectivity index (χ2n) is 8.79. The van der Waals surface area contributed by atoms with Gasteiger partial charge < -0.3 is 25.8 Å². The predicted octanol–water partition coefficient (Wildman–Crippen LogP) is 1.06. The number of nitrogens with two attached hydrogens (primary N) is 1. The van der Waals surface area contributed by atoms with Crippen LogP contribution in [0.5, 0.6) is 5.75 Å². The number of pyridine rings is 2. The number of aryl methyl sites for hydroxylation is 1. The average molecular weight is 456 g/mol. The fraction of sp³-hybridized carbons (Fsp3) is 0.455. The van der Waals surface area contributed by atoms with Crippen molar-refractivity contribution in [3.8, 4) is 5.75 Å².